The summed E-state index contributed by atoms with van der Waals surface area (Å²) in [4.78, 5) is 2.09. The lowest BCUT2D eigenvalue weighted by atomic mass is 10.1. The molecule has 1 unspecified atom stereocenters. The third-order valence-electron chi connectivity index (χ3n) is 2.78. The fourth-order valence-corrected chi connectivity index (χ4v) is 1.79. The van der Waals surface area contributed by atoms with E-state index in [9.17, 15) is 4.39 Å². The second kappa shape index (κ2) is 7.37. The molecule has 0 aliphatic heterocycles. The molecule has 3 nitrogen and oxygen atoms in total. The summed E-state index contributed by atoms with van der Waals surface area (Å²) in [5.74, 6) is -0.223. The number of hydrogen-bond acceptors (Lipinski definition) is 3. The predicted molar refractivity (Wildman–Crippen MR) is 67.3 cm³/mol. The van der Waals surface area contributed by atoms with Crippen molar-refractivity contribution in [2.75, 3.05) is 33.4 Å². The molecule has 0 bridgehead atoms. The second-order valence-corrected chi connectivity index (χ2v) is 3.98. The van der Waals surface area contributed by atoms with Gasteiger partial charge in [0.15, 0.2) is 0 Å². The SMILES string of the molecule is CCOCCN(C)C(CN)c1cccc(F)c1. The fourth-order valence-electron chi connectivity index (χ4n) is 1.79. The number of nitrogens with two attached hydrogens (primary N) is 1. The van der Waals surface area contributed by atoms with Crippen molar-refractivity contribution in [3.05, 3.63) is 35.6 Å². The molecule has 0 radical (unpaired) electrons. The molecule has 2 N–H and O–H groups in total. The van der Waals surface area contributed by atoms with Crippen molar-refractivity contribution in [3.8, 4) is 0 Å². The van der Waals surface area contributed by atoms with E-state index in [-0.39, 0.29) is 11.9 Å². The Morgan fingerprint density at radius 2 is 2.24 bits per heavy atom. The summed E-state index contributed by atoms with van der Waals surface area (Å²) in [6.45, 7) is 4.59. The summed E-state index contributed by atoms with van der Waals surface area (Å²) in [7, 11) is 1.97. The third-order valence-corrected chi connectivity index (χ3v) is 2.78. The zero-order chi connectivity index (χ0) is 12.7. The van der Waals surface area contributed by atoms with Gasteiger partial charge in [-0.1, -0.05) is 12.1 Å². The number of hydrogen-bond donors (Lipinski definition) is 1. The highest BCUT2D eigenvalue weighted by atomic mass is 19.1. The summed E-state index contributed by atoms with van der Waals surface area (Å²) >= 11 is 0. The Hall–Kier alpha value is -0.970. The van der Waals surface area contributed by atoms with Gasteiger partial charge in [-0.15, -0.1) is 0 Å². The van der Waals surface area contributed by atoms with E-state index in [0.29, 0.717) is 19.8 Å². The van der Waals surface area contributed by atoms with Gasteiger partial charge in [-0.05, 0) is 31.7 Å². The van der Waals surface area contributed by atoms with Crippen molar-refractivity contribution in [3.63, 3.8) is 0 Å². The summed E-state index contributed by atoms with van der Waals surface area (Å²) < 4.78 is 18.5. The number of benzene rings is 1. The second-order valence-electron chi connectivity index (χ2n) is 3.98. The molecular weight excluding hydrogens is 219 g/mol. The predicted octanol–water partition coefficient (Wildman–Crippen LogP) is 1.79. The van der Waals surface area contributed by atoms with Crippen LogP contribution in [0, 0.1) is 5.82 Å². The summed E-state index contributed by atoms with van der Waals surface area (Å²) in [5.41, 5.74) is 6.66. The topological polar surface area (TPSA) is 38.5 Å². The number of likely N-dealkylation sites (N-methyl/N-ethyl adjacent to an activating group) is 1. The number of rotatable bonds is 7. The normalized spacial score (nSPS) is 13.0. The molecule has 0 fully saturated rings. The van der Waals surface area contributed by atoms with Crippen LogP contribution in [0.4, 0.5) is 4.39 Å². The quantitative estimate of drug-likeness (QED) is 0.738. The van der Waals surface area contributed by atoms with Gasteiger partial charge < -0.3 is 10.5 Å². The van der Waals surface area contributed by atoms with Crippen LogP contribution in [0.15, 0.2) is 24.3 Å². The minimum Gasteiger partial charge on any atom is -0.380 e. The van der Waals surface area contributed by atoms with Gasteiger partial charge >= 0.3 is 0 Å². The van der Waals surface area contributed by atoms with E-state index in [1.54, 1.807) is 6.07 Å². The highest BCUT2D eigenvalue weighted by molar-refractivity contribution is 5.20. The molecular formula is C13H21FN2O. The lowest BCUT2D eigenvalue weighted by molar-refractivity contribution is 0.108. The van der Waals surface area contributed by atoms with Gasteiger partial charge in [0.2, 0.25) is 0 Å². The lowest BCUT2D eigenvalue weighted by Crippen LogP contribution is -2.33. The van der Waals surface area contributed by atoms with Crippen LogP contribution in [0.25, 0.3) is 0 Å². The van der Waals surface area contributed by atoms with Gasteiger partial charge in [0.25, 0.3) is 0 Å². The molecule has 0 aliphatic rings. The van der Waals surface area contributed by atoms with Crippen molar-refractivity contribution in [2.45, 2.75) is 13.0 Å². The molecule has 0 aromatic heterocycles. The Balaban J connectivity index is 2.63. The van der Waals surface area contributed by atoms with Crippen molar-refractivity contribution in [2.24, 2.45) is 5.73 Å². The molecule has 0 heterocycles. The van der Waals surface area contributed by atoms with Crippen molar-refractivity contribution in [1.29, 1.82) is 0 Å². The molecule has 1 aromatic carbocycles. The lowest BCUT2D eigenvalue weighted by Gasteiger charge is -2.27. The molecule has 0 saturated heterocycles. The Kier molecular flexibility index (Phi) is 6.11. The molecule has 4 heteroatoms. The van der Waals surface area contributed by atoms with E-state index in [1.165, 1.54) is 12.1 Å². The summed E-state index contributed by atoms with van der Waals surface area (Å²) in [6.07, 6.45) is 0. The van der Waals surface area contributed by atoms with Gasteiger partial charge in [0, 0.05) is 25.7 Å². The molecule has 0 aliphatic carbocycles. The zero-order valence-corrected chi connectivity index (χ0v) is 10.5. The maximum absolute atomic E-state index is 13.1. The minimum atomic E-state index is -0.223. The maximum atomic E-state index is 13.1. The van der Waals surface area contributed by atoms with Crippen LogP contribution in [0.1, 0.15) is 18.5 Å². The molecule has 0 spiro atoms. The van der Waals surface area contributed by atoms with Crippen LogP contribution >= 0.6 is 0 Å². The van der Waals surface area contributed by atoms with Crippen LogP contribution in [-0.4, -0.2) is 38.3 Å². The molecule has 17 heavy (non-hydrogen) atoms. The average molecular weight is 240 g/mol. The first kappa shape index (κ1) is 14.1. The van der Waals surface area contributed by atoms with Crippen LogP contribution in [-0.2, 0) is 4.74 Å². The van der Waals surface area contributed by atoms with Gasteiger partial charge in [-0.3, -0.25) is 4.90 Å². The minimum absolute atomic E-state index is 0.0335. The molecule has 0 saturated carbocycles. The van der Waals surface area contributed by atoms with Gasteiger partial charge in [-0.25, -0.2) is 4.39 Å². The van der Waals surface area contributed by atoms with Crippen LogP contribution < -0.4 is 5.73 Å². The largest absolute Gasteiger partial charge is 0.380 e. The number of halogens is 1. The third kappa shape index (κ3) is 4.42. The Bertz CT molecular complexity index is 333. The number of ether oxygens (including phenoxy) is 1. The van der Waals surface area contributed by atoms with E-state index in [0.717, 1.165) is 12.1 Å². The first-order chi connectivity index (χ1) is 8.19. The number of nitrogens with zero attached hydrogens (tertiary/aromatic N) is 1. The van der Waals surface area contributed by atoms with Crippen LogP contribution in [0.3, 0.4) is 0 Å². The maximum Gasteiger partial charge on any atom is 0.123 e. The highest BCUT2D eigenvalue weighted by Gasteiger charge is 2.15. The fraction of sp³-hybridized carbons (Fsp3) is 0.538. The molecule has 1 atom stereocenters. The average Bonchev–Trinajstić information content (AvgIpc) is 2.30. The Morgan fingerprint density at radius 3 is 2.82 bits per heavy atom. The van der Waals surface area contributed by atoms with Crippen molar-refractivity contribution < 1.29 is 9.13 Å². The van der Waals surface area contributed by atoms with Crippen molar-refractivity contribution in [1.82, 2.24) is 4.90 Å². The van der Waals surface area contributed by atoms with Crippen LogP contribution in [0.5, 0.6) is 0 Å². The smallest absolute Gasteiger partial charge is 0.123 e. The standard InChI is InChI=1S/C13H21FN2O/c1-3-17-8-7-16(2)13(10-15)11-5-4-6-12(14)9-11/h4-6,9,13H,3,7-8,10,15H2,1-2H3. The van der Waals surface area contributed by atoms with E-state index < -0.39 is 0 Å². The first-order valence-corrected chi connectivity index (χ1v) is 5.92. The summed E-state index contributed by atoms with van der Waals surface area (Å²) in [5, 5.41) is 0. The van der Waals surface area contributed by atoms with Crippen LogP contribution in [0.2, 0.25) is 0 Å². The molecule has 96 valence electrons. The van der Waals surface area contributed by atoms with Crippen molar-refractivity contribution >= 4 is 0 Å². The molecule has 1 aromatic rings. The zero-order valence-electron chi connectivity index (χ0n) is 10.5. The van der Waals surface area contributed by atoms with E-state index in [4.69, 9.17) is 10.5 Å². The van der Waals surface area contributed by atoms with E-state index in [2.05, 4.69) is 4.90 Å². The van der Waals surface area contributed by atoms with Gasteiger partial charge in [-0.2, -0.15) is 0 Å². The first-order valence-electron chi connectivity index (χ1n) is 5.92. The Morgan fingerprint density at radius 1 is 1.47 bits per heavy atom. The summed E-state index contributed by atoms with van der Waals surface area (Å²) in [6, 6.07) is 6.62. The van der Waals surface area contributed by atoms with Gasteiger partial charge in [0.1, 0.15) is 5.82 Å². The van der Waals surface area contributed by atoms with E-state index >= 15 is 0 Å². The van der Waals surface area contributed by atoms with E-state index in [1.807, 2.05) is 20.0 Å². The van der Waals surface area contributed by atoms with Gasteiger partial charge in [0.05, 0.1) is 6.61 Å². The molecule has 0 amide bonds. The molecule has 1 rings (SSSR count). The Labute approximate surface area is 102 Å². The highest BCUT2D eigenvalue weighted by Crippen LogP contribution is 2.18. The monoisotopic (exact) mass is 240 g/mol.